The Morgan fingerprint density at radius 2 is 2.00 bits per heavy atom. The Balaban J connectivity index is 1.57. The number of benzene rings is 1. The maximum Gasteiger partial charge on any atom is 0.407 e. The number of rotatable bonds is 3. The molecule has 0 radical (unpaired) electrons. The first-order valence-electron chi connectivity index (χ1n) is 7.84. The van der Waals surface area contributed by atoms with Gasteiger partial charge in [0, 0.05) is 37.0 Å². The summed E-state index contributed by atoms with van der Waals surface area (Å²) in [4.78, 5) is 23.7. The first-order chi connectivity index (χ1) is 11.2. The largest absolute Gasteiger partial charge is 0.444 e. The molecular weight excluding hydrogens is 317 g/mol. The van der Waals surface area contributed by atoms with Crippen LogP contribution in [0.2, 0.25) is 0 Å². The predicted molar refractivity (Wildman–Crippen MR) is 85.4 cm³/mol. The van der Waals surface area contributed by atoms with Crippen molar-refractivity contribution in [1.29, 1.82) is 0 Å². The van der Waals surface area contributed by atoms with Crippen LogP contribution in [0.5, 0.6) is 0 Å². The van der Waals surface area contributed by atoms with E-state index in [1.165, 1.54) is 12.1 Å². The number of fused-ring (bicyclic) bond motifs is 1. The van der Waals surface area contributed by atoms with Crippen molar-refractivity contribution < 1.29 is 18.8 Å². The molecular formula is C16H20FN3O4. The van der Waals surface area contributed by atoms with Gasteiger partial charge in [0.2, 0.25) is 0 Å². The van der Waals surface area contributed by atoms with Crippen molar-refractivity contribution in [3.05, 3.63) is 34.1 Å². The zero-order valence-corrected chi connectivity index (χ0v) is 13.8. The normalized spacial score (nSPS) is 25.2. The Labute approximate surface area is 138 Å². The van der Waals surface area contributed by atoms with Gasteiger partial charge in [-0.25, -0.2) is 9.18 Å². The molecule has 2 aliphatic rings. The maximum atomic E-state index is 14.1. The minimum Gasteiger partial charge on any atom is -0.444 e. The molecule has 1 N–H and O–H groups in total. The molecule has 1 unspecified atom stereocenters. The zero-order chi connectivity index (χ0) is 17.6. The number of hydrogen-bond donors (Lipinski definition) is 1. The van der Waals surface area contributed by atoms with E-state index in [-0.39, 0.29) is 23.6 Å². The summed E-state index contributed by atoms with van der Waals surface area (Å²) in [6.07, 6.45) is -0.435. The monoisotopic (exact) mass is 337 g/mol. The van der Waals surface area contributed by atoms with E-state index in [9.17, 15) is 19.3 Å². The molecule has 1 heterocycles. The number of halogens is 1. The van der Waals surface area contributed by atoms with Crippen molar-refractivity contribution in [3.63, 3.8) is 0 Å². The molecule has 0 spiro atoms. The highest BCUT2D eigenvalue weighted by molar-refractivity contribution is 5.69. The third-order valence-electron chi connectivity index (χ3n) is 4.36. The molecule has 3 rings (SSSR count). The summed E-state index contributed by atoms with van der Waals surface area (Å²) in [5.41, 5.74) is -0.434. The first-order valence-corrected chi connectivity index (χ1v) is 7.84. The fraction of sp³-hybridized carbons (Fsp3) is 0.562. The SMILES string of the molecule is CC(C)(C)OC(=O)NC1[C@H]2CN(c3ccc([N+](=O)[O-])cc3F)C[C@@H]12. The van der Waals surface area contributed by atoms with E-state index in [0.717, 1.165) is 6.07 Å². The molecule has 7 nitrogen and oxygen atoms in total. The highest BCUT2D eigenvalue weighted by Crippen LogP contribution is 2.47. The minimum absolute atomic E-state index is 0.0530. The van der Waals surface area contributed by atoms with Crippen LogP contribution in [0.25, 0.3) is 0 Å². The average Bonchev–Trinajstić information content (AvgIpc) is 2.90. The number of alkyl carbamates (subject to hydrolysis) is 1. The molecule has 2 fully saturated rings. The van der Waals surface area contributed by atoms with Gasteiger partial charge in [0.1, 0.15) is 5.60 Å². The summed E-state index contributed by atoms with van der Waals surface area (Å²) < 4.78 is 19.3. The second kappa shape index (κ2) is 5.61. The Morgan fingerprint density at radius 3 is 2.50 bits per heavy atom. The standard InChI is InChI=1S/C16H20FN3O4/c1-16(2,3)24-15(21)18-14-10-7-19(8-11(10)14)13-5-4-9(20(22)23)6-12(13)17/h4-6,10-11,14H,7-8H2,1-3H3,(H,18,21)/t10-,11+,14?. The van der Waals surface area contributed by atoms with Crippen LogP contribution in [0.15, 0.2) is 18.2 Å². The summed E-state index contributed by atoms with van der Waals surface area (Å²) in [5, 5.41) is 13.5. The van der Waals surface area contributed by atoms with Crippen LogP contribution >= 0.6 is 0 Å². The van der Waals surface area contributed by atoms with E-state index < -0.39 is 22.4 Å². The van der Waals surface area contributed by atoms with E-state index in [1.807, 2.05) is 4.90 Å². The number of piperidine rings is 1. The van der Waals surface area contributed by atoms with Gasteiger partial charge in [0.15, 0.2) is 5.82 Å². The van der Waals surface area contributed by atoms with Gasteiger partial charge < -0.3 is 15.0 Å². The van der Waals surface area contributed by atoms with Crippen molar-refractivity contribution in [1.82, 2.24) is 5.32 Å². The number of nitrogens with one attached hydrogen (secondary N) is 1. The molecule has 1 aromatic rings. The number of nitro groups is 1. The van der Waals surface area contributed by atoms with E-state index in [2.05, 4.69) is 5.32 Å². The zero-order valence-electron chi connectivity index (χ0n) is 13.8. The second-order valence-corrected chi connectivity index (χ2v) is 7.30. The van der Waals surface area contributed by atoms with Crippen LogP contribution in [0.1, 0.15) is 20.8 Å². The summed E-state index contributed by atoms with van der Waals surface area (Å²) >= 11 is 0. The van der Waals surface area contributed by atoms with Gasteiger partial charge in [-0.05, 0) is 26.8 Å². The topological polar surface area (TPSA) is 84.7 Å². The quantitative estimate of drug-likeness (QED) is 0.677. The molecule has 1 aliphatic heterocycles. The van der Waals surface area contributed by atoms with Crippen molar-refractivity contribution in [2.45, 2.75) is 32.4 Å². The molecule has 1 saturated carbocycles. The van der Waals surface area contributed by atoms with E-state index in [1.54, 1.807) is 20.8 Å². The summed E-state index contributed by atoms with van der Waals surface area (Å²) in [7, 11) is 0. The van der Waals surface area contributed by atoms with Gasteiger partial charge in [0.25, 0.3) is 5.69 Å². The minimum atomic E-state index is -0.616. The molecule has 1 saturated heterocycles. The highest BCUT2D eigenvalue weighted by atomic mass is 19.1. The molecule has 130 valence electrons. The smallest absolute Gasteiger partial charge is 0.407 e. The lowest BCUT2D eigenvalue weighted by Gasteiger charge is -2.24. The second-order valence-electron chi connectivity index (χ2n) is 7.30. The third kappa shape index (κ3) is 3.27. The molecule has 8 heteroatoms. The lowest BCUT2D eigenvalue weighted by molar-refractivity contribution is -0.385. The number of amides is 1. The summed E-state index contributed by atoms with van der Waals surface area (Å²) in [5.74, 6) is -0.0821. The molecule has 0 bridgehead atoms. The van der Waals surface area contributed by atoms with Gasteiger partial charge in [-0.15, -0.1) is 0 Å². The van der Waals surface area contributed by atoms with Crippen LogP contribution in [0, 0.1) is 27.8 Å². The van der Waals surface area contributed by atoms with Crippen molar-refractivity contribution in [2.75, 3.05) is 18.0 Å². The average molecular weight is 337 g/mol. The van der Waals surface area contributed by atoms with Gasteiger partial charge >= 0.3 is 6.09 Å². The van der Waals surface area contributed by atoms with Gasteiger partial charge in [-0.3, -0.25) is 10.1 Å². The third-order valence-corrected chi connectivity index (χ3v) is 4.36. The Hall–Kier alpha value is -2.38. The lowest BCUT2D eigenvalue weighted by Crippen LogP contribution is -2.38. The molecule has 1 amide bonds. The number of nitrogens with zero attached hydrogens (tertiary/aromatic N) is 2. The fourth-order valence-electron chi connectivity index (χ4n) is 3.25. The maximum absolute atomic E-state index is 14.1. The molecule has 1 aliphatic carbocycles. The predicted octanol–water partition coefficient (Wildman–Crippen LogP) is 2.69. The summed E-state index contributed by atoms with van der Waals surface area (Å²) in [6.45, 7) is 6.64. The lowest BCUT2D eigenvalue weighted by atomic mass is 10.2. The number of hydrogen-bond acceptors (Lipinski definition) is 5. The van der Waals surface area contributed by atoms with Crippen LogP contribution in [0.4, 0.5) is 20.6 Å². The summed E-state index contributed by atoms with van der Waals surface area (Å²) in [6, 6.07) is 3.74. The number of anilines is 1. The number of ether oxygens (including phenoxy) is 1. The Morgan fingerprint density at radius 1 is 1.38 bits per heavy atom. The van der Waals surface area contributed by atoms with E-state index >= 15 is 0 Å². The van der Waals surface area contributed by atoms with Gasteiger partial charge in [-0.2, -0.15) is 0 Å². The molecule has 24 heavy (non-hydrogen) atoms. The van der Waals surface area contributed by atoms with Crippen LogP contribution in [-0.2, 0) is 4.74 Å². The van der Waals surface area contributed by atoms with Crippen molar-refractivity contribution >= 4 is 17.5 Å². The molecule has 0 aromatic heterocycles. The van der Waals surface area contributed by atoms with Crippen molar-refractivity contribution in [3.8, 4) is 0 Å². The Kier molecular flexibility index (Phi) is 3.85. The van der Waals surface area contributed by atoms with Gasteiger partial charge in [-0.1, -0.05) is 0 Å². The number of carbonyl (C=O) groups excluding carboxylic acids is 1. The first kappa shape index (κ1) is 16.5. The molecule has 3 atom stereocenters. The van der Waals surface area contributed by atoms with E-state index in [4.69, 9.17) is 4.74 Å². The number of non-ortho nitro benzene ring substituents is 1. The number of nitro benzene ring substituents is 1. The van der Waals surface area contributed by atoms with Crippen LogP contribution < -0.4 is 10.2 Å². The molecule has 1 aromatic carbocycles. The fourth-order valence-corrected chi connectivity index (χ4v) is 3.25. The Bertz CT molecular complexity index is 676. The van der Waals surface area contributed by atoms with Crippen LogP contribution in [0.3, 0.4) is 0 Å². The van der Waals surface area contributed by atoms with Crippen molar-refractivity contribution in [2.24, 2.45) is 11.8 Å². The van der Waals surface area contributed by atoms with Gasteiger partial charge in [0.05, 0.1) is 16.7 Å². The highest BCUT2D eigenvalue weighted by Gasteiger charge is 2.57. The van der Waals surface area contributed by atoms with Crippen LogP contribution in [-0.4, -0.2) is 35.7 Å². The van der Waals surface area contributed by atoms with E-state index in [0.29, 0.717) is 18.8 Å². The number of carbonyl (C=O) groups is 1.